The molecule has 0 unspecified atom stereocenters. The number of hydrogen-bond donors (Lipinski definition) is 1. The van der Waals surface area contributed by atoms with E-state index < -0.39 is 10.0 Å². The van der Waals surface area contributed by atoms with Gasteiger partial charge in [-0.3, -0.25) is 0 Å². The highest BCUT2D eigenvalue weighted by atomic mass is 32.2. The second-order valence-corrected chi connectivity index (χ2v) is 6.15. The third-order valence-electron chi connectivity index (χ3n) is 2.72. The van der Waals surface area contributed by atoms with Crippen molar-refractivity contribution in [1.29, 1.82) is 0 Å². The molecule has 0 spiro atoms. The number of allylic oxidation sites excluding steroid dienone is 1. The summed E-state index contributed by atoms with van der Waals surface area (Å²) >= 11 is 0. The molecule has 1 aromatic carbocycles. The summed E-state index contributed by atoms with van der Waals surface area (Å²) in [7, 11) is -1.82. The Bertz CT molecular complexity index is 497. The van der Waals surface area contributed by atoms with E-state index in [4.69, 9.17) is 5.73 Å². The normalized spacial score (nSPS) is 11.7. The number of rotatable bonds is 7. The van der Waals surface area contributed by atoms with Crippen molar-refractivity contribution in [2.45, 2.75) is 24.3 Å². The molecule has 0 aliphatic rings. The largest absolute Gasteiger partial charge is 0.326 e. The standard InChI is InChI=1S/C13H20N2O2S/c1-3-4-5-9-15(2)18(16,17)13-8-6-7-12(10-13)11-14/h3,6-8,10H,1,4-5,9,11,14H2,2H3. The molecule has 0 aliphatic heterocycles. The molecule has 5 heteroatoms. The van der Waals surface area contributed by atoms with E-state index in [9.17, 15) is 8.42 Å². The minimum atomic E-state index is -3.41. The Morgan fingerprint density at radius 2 is 2.17 bits per heavy atom. The lowest BCUT2D eigenvalue weighted by molar-refractivity contribution is 0.462. The Labute approximate surface area is 109 Å². The predicted octanol–water partition coefficient (Wildman–Crippen LogP) is 1.73. The summed E-state index contributed by atoms with van der Waals surface area (Å²) < 4.78 is 25.9. The van der Waals surface area contributed by atoms with Gasteiger partial charge in [0, 0.05) is 20.1 Å². The van der Waals surface area contributed by atoms with Crippen LogP contribution in [0.3, 0.4) is 0 Å². The van der Waals surface area contributed by atoms with Gasteiger partial charge < -0.3 is 5.73 Å². The number of nitrogens with two attached hydrogens (primary N) is 1. The van der Waals surface area contributed by atoms with Gasteiger partial charge in [-0.25, -0.2) is 12.7 Å². The topological polar surface area (TPSA) is 63.4 Å². The van der Waals surface area contributed by atoms with Crippen LogP contribution in [0.2, 0.25) is 0 Å². The molecule has 0 heterocycles. The van der Waals surface area contributed by atoms with Crippen molar-refractivity contribution >= 4 is 10.0 Å². The molecule has 4 nitrogen and oxygen atoms in total. The van der Waals surface area contributed by atoms with Gasteiger partial charge in [-0.05, 0) is 30.5 Å². The molecule has 100 valence electrons. The number of hydrogen-bond acceptors (Lipinski definition) is 3. The van der Waals surface area contributed by atoms with E-state index in [1.54, 1.807) is 31.3 Å². The summed E-state index contributed by atoms with van der Waals surface area (Å²) in [5.41, 5.74) is 6.33. The second-order valence-electron chi connectivity index (χ2n) is 4.11. The maximum atomic E-state index is 12.3. The summed E-state index contributed by atoms with van der Waals surface area (Å²) in [6.45, 7) is 4.44. The van der Waals surface area contributed by atoms with E-state index in [0.29, 0.717) is 18.0 Å². The van der Waals surface area contributed by atoms with Crippen molar-refractivity contribution in [2.75, 3.05) is 13.6 Å². The van der Waals surface area contributed by atoms with Crippen LogP contribution in [-0.2, 0) is 16.6 Å². The summed E-state index contributed by atoms with van der Waals surface area (Å²) in [4.78, 5) is 0.298. The Hall–Kier alpha value is -1.17. The van der Waals surface area contributed by atoms with Gasteiger partial charge in [0.25, 0.3) is 0 Å². The molecule has 0 aliphatic carbocycles. The zero-order chi connectivity index (χ0) is 13.6. The lowest BCUT2D eigenvalue weighted by Crippen LogP contribution is -2.28. The molecule has 2 N–H and O–H groups in total. The smallest absolute Gasteiger partial charge is 0.242 e. The van der Waals surface area contributed by atoms with Gasteiger partial charge in [-0.1, -0.05) is 18.2 Å². The van der Waals surface area contributed by atoms with Gasteiger partial charge in [0.2, 0.25) is 10.0 Å². The van der Waals surface area contributed by atoms with Crippen LogP contribution >= 0.6 is 0 Å². The lowest BCUT2D eigenvalue weighted by atomic mass is 10.2. The maximum Gasteiger partial charge on any atom is 0.242 e. The molecule has 1 rings (SSSR count). The second kappa shape index (κ2) is 6.68. The van der Waals surface area contributed by atoms with Gasteiger partial charge in [0.05, 0.1) is 4.90 Å². The van der Waals surface area contributed by atoms with E-state index in [0.717, 1.165) is 18.4 Å². The molecule has 0 saturated carbocycles. The monoisotopic (exact) mass is 268 g/mol. The Kier molecular flexibility index (Phi) is 5.53. The fourth-order valence-electron chi connectivity index (χ4n) is 1.59. The molecule has 0 atom stereocenters. The van der Waals surface area contributed by atoms with Crippen LogP contribution < -0.4 is 5.73 Å². The fraction of sp³-hybridized carbons (Fsp3) is 0.385. The first-order valence-corrected chi connectivity index (χ1v) is 7.32. The summed E-state index contributed by atoms with van der Waals surface area (Å²) in [5, 5.41) is 0. The third kappa shape index (κ3) is 3.66. The Morgan fingerprint density at radius 3 is 2.78 bits per heavy atom. The van der Waals surface area contributed by atoms with Crippen molar-refractivity contribution < 1.29 is 8.42 Å². The first kappa shape index (κ1) is 14.9. The highest BCUT2D eigenvalue weighted by Crippen LogP contribution is 2.16. The van der Waals surface area contributed by atoms with Crippen molar-refractivity contribution in [3.8, 4) is 0 Å². The minimum Gasteiger partial charge on any atom is -0.326 e. The highest BCUT2D eigenvalue weighted by Gasteiger charge is 2.20. The summed E-state index contributed by atoms with van der Waals surface area (Å²) in [6, 6.07) is 6.75. The zero-order valence-electron chi connectivity index (χ0n) is 10.7. The predicted molar refractivity (Wildman–Crippen MR) is 73.6 cm³/mol. The number of benzene rings is 1. The Balaban J connectivity index is 2.87. The number of nitrogens with zero attached hydrogens (tertiary/aromatic N) is 1. The fourth-order valence-corrected chi connectivity index (χ4v) is 2.87. The van der Waals surface area contributed by atoms with Gasteiger partial charge in [-0.2, -0.15) is 0 Å². The van der Waals surface area contributed by atoms with Crippen LogP contribution in [0.15, 0.2) is 41.8 Å². The van der Waals surface area contributed by atoms with Crippen LogP contribution in [0.4, 0.5) is 0 Å². The molecule has 0 aromatic heterocycles. The Morgan fingerprint density at radius 1 is 1.44 bits per heavy atom. The first-order valence-electron chi connectivity index (χ1n) is 5.88. The van der Waals surface area contributed by atoms with Crippen molar-refractivity contribution in [3.05, 3.63) is 42.5 Å². The quantitative estimate of drug-likeness (QED) is 0.605. The van der Waals surface area contributed by atoms with Gasteiger partial charge >= 0.3 is 0 Å². The van der Waals surface area contributed by atoms with Gasteiger partial charge in [0.1, 0.15) is 0 Å². The van der Waals surface area contributed by atoms with Gasteiger partial charge in [-0.15, -0.1) is 6.58 Å². The van der Waals surface area contributed by atoms with Crippen LogP contribution in [0, 0.1) is 0 Å². The molecule has 0 fully saturated rings. The van der Waals surface area contributed by atoms with Crippen LogP contribution in [0.1, 0.15) is 18.4 Å². The molecular weight excluding hydrogens is 248 g/mol. The molecular formula is C13H20N2O2S. The number of sulfonamides is 1. The van der Waals surface area contributed by atoms with Crippen molar-refractivity contribution in [3.63, 3.8) is 0 Å². The van der Waals surface area contributed by atoms with E-state index in [1.807, 2.05) is 6.07 Å². The third-order valence-corrected chi connectivity index (χ3v) is 4.58. The van der Waals surface area contributed by atoms with E-state index in [-0.39, 0.29) is 0 Å². The molecule has 0 radical (unpaired) electrons. The first-order chi connectivity index (χ1) is 8.52. The zero-order valence-corrected chi connectivity index (χ0v) is 11.5. The summed E-state index contributed by atoms with van der Waals surface area (Å²) in [5.74, 6) is 0. The molecule has 0 bridgehead atoms. The van der Waals surface area contributed by atoms with Crippen LogP contribution in [0.5, 0.6) is 0 Å². The number of unbranched alkanes of at least 4 members (excludes halogenated alkanes) is 1. The average Bonchev–Trinajstić information content (AvgIpc) is 2.39. The minimum absolute atomic E-state index is 0.298. The van der Waals surface area contributed by atoms with Gasteiger partial charge in [0.15, 0.2) is 0 Å². The summed E-state index contributed by atoms with van der Waals surface area (Å²) in [6.07, 6.45) is 3.37. The lowest BCUT2D eigenvalue weighted by Gasteiger charge is -2.17. The molecule has 0 amide bonds. The molecule has 0 saturated heterocycles. The van der Waals surface area contributed by atoms with Crippen molar-refractivity contribution in [2.24, 2.45) is 5.73 Å². The van der Waals surface area contributed by atoms with E-state index in [2.05, 4.69) is 6.58 Å². The SMILES string of the molecule is C=CCCCN(C)S(=O)(=O)c1cccc(CN)c1. The van der Waals surface area contributed by atoms with E-state index >= 15 is 0 Å². The van der Waals surface area contributed by atoms with E-state index in [1.165, 1.54) is 4.31 Å². The van der Waals surface area contributed by atoms with Crippen LogP contribution in [-0.4, -0.2) is 26.3 Å². The molecule has 1 aromatic rings. The average molecular weight is 268 g/mol. The van der Waals surface area contributed by atoms with Crippen LogP contribution in [0.25, 0.3) is 0 Å². The highest BCUT2D eigenvalue weighted by molar-refractivity contribution is 7.89. The van der Waals surface area contributed by atoms with Crippen molar-refractivity contribution in [1.82, 2.24) is 4.31 Å². The molecule has 18 heavy (non-hydrogen) atoms. The maximum absolute atomic E-state index is 12.3.